The quantitative estimate of drug-likeness (QED) is 0.673. The van der Waals surface area contributed by atoms with Gasteiger partial charge in [0.15, 0.2) is 0 Å². The highest BCUT2D eigenvalue weighted by Crippen LogP contribution is 2.41. The van der Waals surface area contributed by atoms with Crippen molar-refractivity contribution in [3.8, 4) is 5.75 Å². The van der Waals surface area contributed by atoms with Gasteiger partial charge >= 0.3 is 0 Å². The second-order valence-corrected chi connectivity index (χ2v) is 8.65. The molecule has 144 valence electrons. The maximum atomic E-state index is 5.97. The predicted octanol–water partition coefficient (Wildman–Crippen LogP) is 3.51. The van der Waals surface area contributed by atoms with Gasteiger partial charge in [0.2, 0.25) is 0 Å². The number of halogens is 1. The van der Waals surface area contributed by atoms with Crippen LogP contribution >= 0.6 is 15.9 Å². The molecule has 3 unspecified atom stereocenters. The van der Waals surface area contributed by atoms with Crippen LogP contribution in [0.1, 0.15) is 29.9 Å². The van der Waals surface area contributed by atoms with Gasteiger partial charge < -0.3 is 20.7 Å². The number of hydrogen-bond donors (Lipinski definition) is 2. The first kappa shape index (κ1) is 18.9. The Labute approximate surface area is 170 Å². The van der Waals surface area contributed by atoms with E-state index in [1.54, 1.807) is 0 Å². The van der Waals surface area contributed by atoms with E-state index in [2.05, 4.69) is 62.5 Å². The Morgan fingerprint density at radius 2 is 1.89 bits per heavy atom. The van der Waals surface area contributed by atoms with E-state index in [1.807, 2.05) is 12.1 Å². The second kappa shape index (κ2) is 8.74. The average molecular weight is 430 g/mol. The van der Waals surface area contributed by atoms with Gasteiger partial charge in [0.1, 0.15) is 12.4 Å². The third-order valence-corrected chi connectivity index (χ3v) is 6.09. The van der Waals surface area contributed by atoms with Crippen molar-refractivity contribution in [3.05, 3.63) is 64.1 Å². The van der Waals surface area contributed by atoms with Crippen LogP contribution in [0.25, 0.3) is 0 Å². The molecule has 5 heteroatoms. The number of ether oxygens (including phenoxy) is 1. The van der Waals surface area contributed by atoms with E-state index in [-0.39, 0.29) is 0 Å². The molecule has 1 saturated carbocycles. The lowest BCUT2D eigenvalue weighted by Gasteiger charge is -2.15. The van der Waals surface area contributed by atoms with Gasteiger partial charge in [-0.15, -0.1) is 0 Å². The monoisotopic (exact) mass is 429 g/mol. The maximum Gasteiger partial charge on any atom is 0.119 e. The fourth-order valence-electron chi connectivity index (χ4n) is 3.82. The van der Waals surface area contributed by atoms with E-state index in [0.29, 0.717) is 24.6 Å². The van der Waals surface area contributed by atoms with Crippen LogP contribution in [0.5, 0.6) is 5.75 Å². The summed E-state index contributed by atoms with van der Waals surface area (Å²) in [7, 11) is 0. The molecule has 1 heterocycles. The van der Waals surface area contributed by atoms with E-state index < -0.39 is 0 Å². The molecule has 4 rings (SSSR count). The van der Waals surface area contributed by atoms with Crippen molar-refractivity contribution < 1.29 is 4.74 Å². The largest absolute Gasteiger partial charge is 0.489 e. The number of nitrogens with zero attached hydrogens (tertiary/aromatic N) is 1. The fraction of sp³-hybridized carbons (Fsp3) is 0.455. The first-order valence-electron chi connectivity index (χ1n) is 9.86. The molecule has 1 aliphatic carbocycles. The van der Waals surface area contributed by atoms with Gasteiger partial charge in [0, 0.05) is 42.1 Å². The number of nitrogens with one attached hydrogen (secondary N) is 1. The summed E-state index contributed by atoms with van der Waals surface area (Å²) in [4.78, 5) is 2.46. The average Bonchev–Trinajstić information content (AvgIpc) is 3.34. The minimum absolute atomic E-state index is 0.378. The zero-order chi connectivity index (χ0) is 18.6. The van der Waals surface area contributed by atoms with E-state index in [1.165, 1.54) is 17.5 Å². The standard InChI is InChI=1S/C22H28BrN3O/c23-18-5-1-16(2-6-18)15-27-20-7-3-17(4-8-20)21-13-22(21)25-10-12-26-11-9-19(24)14-26/h1-8,19,21-22,25H,9-15,24H2. The van der Waals surface area contributed by atoms with Crippen molar-refractivity contribution in [1.29, 1.82) is 0 Å². The topological polar surface area (TPSA) is 50.5 Å². The number of hydrogen-bond acceptors (Lipinski definition) is 4. The van der Waals surface area contributed by atoms with E-state index in [9.17, 15) is 0 Å². The Bertz CT molecular complexity index is 734. The molecule has 2 aliphatic rings. The molecule has 2 aromatic carbocycles. The molecule has 0 radical (unpaired) electrons. The second-order valence-electron chi connectivity index (χ2n) is 7.74. The Morgan fingerprint density at radius 3 is 2.59 bits per heavy atom. The Kier molecular flexibility index (Phi) is 6.13. The number of rotatable bonds is 8. The lowest BCUT2D eigenvalue weighted by Crippen LogP contribution is -2.33. The van der Waals surface area contributed by atoms with Crippen LogP contribution in [0.15, 0.2) is 53.0 Å². The van der Waals surface area contributed by atoms with Crippen LogP contribution in [0, 0.1) is 0 Å². The summed E-state index contributed by atoms with van der Waals surface area (Å²) in [5.74, 6) is 1.57. The van der Waals surface area contributed by atoms with E-state index in [4.69, 9.17) is 10.5 Å². The van der Waals surface area contributed by atoms with E-state index in [0.717, 1.165) is 42.8 Å². The maximum absolute atomic E-state index is 5.97. The minimum Gasteiger partial charge on any atom is -0.489 e. The van der Waals surface area contributed by atoms with Crippen LogP contribution in [0.2, 0.25) is 0 Å². The molecule has 3 atom stereocenters. The van der Waals surface area contributed by atoms with Crippen molar-refractivity contribution in [2.75, 3.05) is 26.2 Å². The van der Waals surface area contributed by atoms with Gasteiger partial charge in [0.25, 0.3) is 0 Å². The lowest BCUT2D eigenvalue weighted by molar-refractivity contribution is 0.306. The van der Waals surface area contributed by atoms with Gasteiger partial charge in [-0.2, -0.15) is 0 Å². The van der Waals surface area contributed by atoms with Gasteiger partial charge in [-0.05, 0) is 54.8 Å². The van der Waals surface area contributed by atoms with Crippen molar-refractivity contribution in [1.82, 2.24) is 10.2 Å². The SMILES string of the molecule is NC1CCN(CCNC2CC2c2ccc(OCc3ccc(Br)cc3)cc2)C1. The van der Waals surface area contributed by atoms with E-state index >= 15 is 0 Å². The molecule has 0 amide bonds. The van der Waals surface area contributed by atoms with Gasteiger partial charge in [0.05, 0.1) is 0 Å². The smallest absolute Gasteiger partial charge is 0.119 e. The Balaban J connectivity index is 1.19. The van der Waals surface area contributed by atoms with Crippen LogP contribution in [-0.4, -0.2) is 43.2 Å². The summed E-state index contributed by atoms with van der Waals surface area (Å²) >= 11 is 3.46. The van der Waals surface area contributed by atoms with Crippen LogP contribution in [0.3, 0.4) is 0 Å². The molecule has 3 N–H and O–H groups in total. The number of benzene rings is 2. The number of likely N-dealkylation sites (tertiary alicyclic amines) is 1. The first-order valence-corrected chi connectivity index (χ1v) is 10.7. The third-order valence-electron chi connectivity index (χ3n) is 5.56. The van der Waals surface area contributed by atoms with Crippen LogP contribution < -0.4 is 15.8 Å². The van der Waals surface area contributed by atoms with Crippen LogP contribution in [0.4, 0.5) is 0 Å². The predicted molar refractivity (Wildman–Crippen MR) is 113 cm³/mol. The zero-order valence-corrected chi connectivity index (χ0v) is 17.2. The van der Waals surface area contributed by atoms with Gasteiger partial charge in [-0.1, -0.05) is 40.2 Å². The molecule has 27 heavy (non-hydrogen) atoms. The Hall–Kier alpha value is -1.40. The normalized spacial score (nSPS) is 24.9. The van der Waals surface area contributed by atoms with Crippen molar-refractivity contribution in [2.24, 2.45) is 5.73 Å². The first-order chi connectivity index (χ1) is 13.2. The summed E-state index contributed by atoms with van der Waals surface area (Å²) in [5.41, 5.74) is 8.55. The molecule has 2 aromatic rings. The molecular weight excluding hydrogens is 402 g/mol. The van der Waals surface area contributed by atoms with Crippen molar-refractivity contribution in [2.45, 2.75) is 37.5 Å². The zero-order valence-electron chi connectivity index (χ0n) is 15.6. The van der Waals surface area contributed by atoms with Crippen molar-refractivity contribution >= 4 is 15.9 Å². The van der Waals surface area contributed by atoms with Crippen molar-refractivity contribution in [3.63, 3.8) is 0 Å². The fourth-order valence-corrected chi connectivity index (χ4v) is 4.09. The summed E-state index contributed by atoms with van der Waals surface area (Å²) in [6.45, 7) is 4.97. The van der Waals surface area contributed by atoms with Gasteiger partial charge in [-0.3, -0.25) is 0 Å². The highest BCUT2D eigenvalue weighted by molar-refractivity contribution is 9.10. The summed E-state index contributed by atoms with van der Waals surface area (Å²) in [5, 5.41) is 3.70. The lowest BCUT2D eigenvalue weighted by atomic mass is 10.1. The highest BCUT2D eigenvalue weighted by Gasteiger charge is 2.37. The molecule has 2 fully saturated rings. The molecular formula is C22H28BrN3O. The summed E-state index contributed by atoms with van der Waals surface area (Å²) in [6, 6.07) is 17.8. The molecule has 0 aromatic heterocycles. The molecule has 0 spiro atoms. The Morgan fingerprint density at radius 1 is 1.11 bits per heavy atom. The molecule has 1 aliphatic heterocycles. The van der Waals surface area contributed by atoms with Gasteiger partial charge in [-0.25, -0.2) is 0 Å². The highest BCUT2D eigenvalue weighted by atomic mass is 79.9. The molecule has 0 bridgehead atoms. The minimum atomic E-state index is 0.378. The van der Waals surface area contributed by atoms with Crippen LogP contribution in [-0.2, 0) is 6.61 Å². The summed E-state index contributed by atoms with van der Waals surface area (Å²) < 4.78 is 6.99. The summed E-state index contributed by atoms with van der Waals surface area (Å²) in [6.07, 6.45) is 2.38. The number of nitrogens with two attached hydrogens (primary N) is 1. The molecule has 4 nitrogen and oxygen atoms in total. The third kappa shape index (κ3) is 5.32. The molecule has 1 saturated heterocycles.